The molecule has 1 fully saturated rings. The van der Waals surface area contributed by atoms with E-state index in [1.54, 1.807) is 16.9 Å². The molecule has 32 heavy (non-hydrogen) atoms. The quantitative estimate of drug-likeness (QED) is 0.388. The number of hydrogen-bond donors (Lipinski definition) is 1. The molecule has 1 aromatic carbocycles. The van der Waals surface area contributed by atoms with Crippen molar-refractivity contribution in [1.29, 1.82) is 5.26 Å². The van der Waals surface area contributed by atoms with Gasteiger partial charge in [-0.2, -0.15) is 10.4 Å². The van der Waals surface area contributed by atoms with Crippen LogP contribution in [0, 0.1) is 31.1 Å². The normalized spacial score (nSPS) is 18.5. The van der Waals surface area contributed by atoms with Gasteiger partial charge in [0.15, 0.2) is 5.78 Å². The van der Waals surface area contributed by atoms with Crippen molar-refractivity contribution in [2.45, 2.75) is 32.6 Å². The summed E-state index contributed by atoms with van der Waals surface area (Å²) >= 11 is 5.95. The summed E-state index contributed by atoms with van der Waals surface area (Å²) in [5.41, 5.74) is 2.73. The molecule has 0 bridgehead atoms. The Bertz CT molecular complexity index is 1120. The summed E-state index contributed by atoms with van der Waals surface area (Å²) in [6.07, 6.45) is 3.63. The minimum absolute atomic E-state index is 0.117. The maximum atomic E-state index is 13.1. The average molecular weight is 456 g/mol. The third-order valence-electron chi connectivity index (χ3n) is 5.42. The van der Waals surface area contributed by atoms with Gasteiger partial charge in [0.2, 0.25) is 5.71 Å². The van der Waals surface area contributed by atoms with Gasteiger partial charge in [-0.1, -0.05) is 16.8 Å². The molecule has 2 aromatic rings. The van der Waals surface area contributed by atoms with Crippen molar-refractivity contribution in [3.8, 4) is 11.8 Å². The third-order valence-corrected chi connectivity index (χ3v) is 5.62. The minimum Gasteiger partial charge on any atom is -0.398 e. The summed E-state index contributed by atoms with van der Waals surface area (Å²) in [6, 6.07) is 5.38. The predicted molar refractivity (Wildman–Crippen MR) is 117 cm³/mol. The predicted octanol–water partition coefficient (Wildman–Crippen LogP) is 2.42. The van der Waals surface area contributed by atoms with Gasteiger partial charge in [-0.3, -0.25) is 14.4 Å². The van der Waals surface area contributed by atoms with Crippen LogP contribution in [-0.4, -0.2) is 46.6 Å². The first-order valence-corrected chi connectivity index (χ1v) is 10.3. The second-order valence-corrected chi connectivity index (χ2v) is 8.01. The molecule has 2 atom stereocenters. The van der Waals surface area contributed by atoms with E-state index >= 15 is 0 Å². The molecular weight excluding hydrogens is 434 g/mol. The van der Waals surface area contributed by atoms with Crippen LogP contribution in [0.4, 0.5) is 0 Å². The van der Waals surface area contributed by atoms with Crippen LogP contribution in [0.25, 0.3) is 5.69 Å². The van der Waals surface area contributed by atoms with Crippen LogP contribution >= 0.6 is 11.6 Å². The van der Waals surface area contributed by atoms with E-state index in [0.717, 1.165) is 16.8 Å². The van der Waals surface area contributed by atoms with Gasteiger partial charge in [-0.05, 0) is 49.1 Å². The number of aryl methyl sites for hydroxylation is 2. The number of aromatic nitrogens is 2. The fourth-order valence-electron chi connectivity index (χ4n) is 4.03. The zero-order chi connectivity index (χ0) is 23.4. The summed E-state index contributed by atoms with van der Waals surface area (Å²) in [5, 5.41) is 19.5. The largest absolute Gasteiger partial charge is 0.398 e. The van der Waals surface area contributed by atoms with Gasteiger partial charge >= 0.3 is 0 Å². The summed E-state index contributed by atoms with van der Waals surface area (Å²) in [5.74, 6) is -2.30. The lowest BCUT2D eigenvalue weighted by Gasteiger charge is -2.17. The molecule has 1 amide bonds. The lowest BCUT2D eigenvalue weighted by Crippen LogP contribution is -2.32. The van der Waals surface area contributed by atoms with E-state index in [1.165, 1.54) is 13.3 Å². The first kappa shape index (κ1) is 23.2. The maximum Gasteiger partial charge on any atom is 0.284 e. The molecule has 1 saturated carbocycles. The Balaban J connectivity index is 1.73. The van der Waals surface area contributed by atoms with Crippen molar-refractivity contribution in [3.05, 3.63) is 46.2 Å². The van der Waals surface area contributed by atoms with E-state index in [9.17, 15) is 14.4 Å². The zero-order valence-electron chi connectivity index (χ0n) is 17.9. The molecular formula is C22H22ClN5O4. The highest BCUT2D eigenvalue weighted by Gasteiger charge is 2.42. The van der Waals surface area contributed by atoms with Crippen LogP contribution < -0.4 is 5.32 Å². The molecule has 1 aliphatic rings. The summed E-state index contributed by atoms with van der Waals surface area (Å²) in [4.78, 5) is 42.2. The Hall–Kier alpha value is -3.51. The van der Waals surface area contributed by atoms with Crippen LogP contribution in [0.1, 0.15) is 35.4 Å². The number of nitrogens with zero attached hydrogens (tertiary/aromatic N) is 4. The average Bonchev–Trinajstić information content (AvgIpc) is 3.29. The lowest BCUT2D eigenvalue weighted by molar-refractivity contribution is -0.125. The molecule has 1 aromatic heterocycles. The van der Waals surface area contributed by atoms with Crippen LogP contribution in [0.15, 0.2) is 29.7 Å². The van der Waals surface area contributed by atoms with Gasteiger partial charge in [0.25, 0.3) is 5.91 Å². The number of carbonyl (C=O) groups is 3. The molecule has 0 radical (unpaired) electrons. The number of nitrogens with one attached hydrogen (secondary N) is 1. The van der Waals surface area contributed by atoms with E-state index in [-0.39, 0.29) is 24.5 Å². The first-order valence-electron chi connectivity index (χ1n) is 9.94. The van der Waals surface area contributed by atoms with Crippen molar-refractivity contribution in [2.75, 3.05) is 13.7 Å². The molecule has 166 valence electrons. The second kappa shape index (κ2) is 9.75. The summed E-state index contributed by atoms with van der Waals surface area (Å²) in [7, 11) is 1.23. The number of benzene rings is 1. The van der Waals surface area contributed by atoms with Gasteiger partial charge < -0.3 is 10.2 Å². The molecule has 1 N–H and O–H groups in total. The molecule has 0 spiro atoms. The number of hydrogen-bond acceptors (Lipinski definition) is 7. The molecule has 2 unspecified atom stereocenters. The van der Waals surface area contributed by atoms with Crippen LogP contribution in [0.5, 0.6) is 0 Å². The van der Waals surface area contributed by atoms with E-state index in [4.69, 9.17) is 16.9 Å². The van der Waals surface area contributed by atoms with E-state index in [1.807, 2.05) is 26.0 Å². The minimum atomic E-state index is -0.823. The monoisotopic (exact) mass is 455 g/mol. The SMILES string of the molecule is CO/N=C(/C#N)C(=O)NCCC1CC(=O)C(c2c(C)cc(-n3cc(Cl)cn3)cc2C)C1=O. The van der Waals surface area contributed by atoms with Crippen LogP contribution in [0.3, 0.4) is 0 Å². The van der Waals surface area contributed by atoms with Gasteiger partial charge in [-0.15, -0.1) is 0 Å². The number of ketones is 2. The first-order chi connectivity index (χ1) is 15.3. The fraction of sp³-hybridized carbons (Fsp3) is 0.364. The van der Waals surface area contributed by atoms with Crippen molar-refractivity contribution in [2.24, 2.45) is 11.1 Å². The molecule has 0 aliphatic heterocycles. The zero-order valence-corrected chi connectivity index (χ0v) is 18.6. The fourth-order valence-corrected chi connectivity index (χ4v) is 4.17. The molecule has 3 rings (SSSR count). The van der Waals surface area contributed by atoms with Crippen molar-refractivity contribution >= 4 is 34.8 Å². The van der Waals surface area contributed by atoms with Crippen molar-refractivity contribution in [1.82, 2.24) is 15.1 Å². The Labute approximate surface area is 190 Å². The molecule has 1 aliphatic carbocycles. The Kier molecular flexibility index (Phi) is 7.05. The highest BCUT2D eigenvalue weighted by molar-refractivity contribution is 6.45. The van der Waals surface area contributed by atoms with Gasteiger partial charge in [0.05, 0.1) is 16.9 Å². The van der Waals surface area contributed by atoms with E-state index < -0.39 is 23.5 Å². The Morgan fingerprint density at radius 2 is 2.06 bits per heavy atom. The van der Waals surface area contributed by atoms with Gasteiger partial charge in [0.1, 0.15) is 24.9 Å². The smallest absolute Gasteiger partial charge is 0.284 e. The van der Waals surface area contributed by atoms with E-state index in [0.29, 0.717) is 17.0 Å². The maximum absolute atomic E-state index is 13.1. The summed E-state index contributed by atoms with van der Waals surface area (Å²) in [6.45, 7) is 3.86. The topological polar surface area (TPSA) is 126 Å². The molecule has 10 heteroatoms. The van der Waals surface area contributed by atoms with Crippen LogP contribution in [0.2, 0.25) is 5.02 Å². The summed E-state index contributed by atoms with van der Waals surface area (Å²) < 4.78 is 1.64. The lowest BCUT2D eigenvalue weighted by atomic mass is 9.87. The van der Waals surface area contributed by atoms with Gasteiger partial charge in [0, 0.05) is 25.1 Å². The number of Topliss-reactive ketones (excluding diaryl/α,β-unsaturated/α-hetero) is 2. The number of amides is 1. The van der Waals surface area contributed by atoms with E-state index in [2.05, 4.69) is 20.4 Å². The highest BCUT2D eigenvalue weighted by atomic mass is 35.5. The Morgan fingerprint density at radius 1 is 1.38 bits per heavy atom. The van der Waals surface area contributed by atoms with Crippen LogP contribution in [-0.2, 0) is 19.2 Å². The number of carbonyl (C=O) groups excluding carboxylic acids is 3. The number of nitriles is 1. The van der Waals surface area contributed by atoms with Crippen molar-refractivity contribution < 1.29 is 19.2 Å². The standard InChI is InChI=1S/C22H22ClN5O4/c1-12-6-16(28-11-15(23)10-26-28)7-13(2)19(12)20-18(29)8-14(21(20)30)4-5-25-22(31)17(9-24)27-32-3/h6-7,10-11,14,20H,4-5,8H2,1-3H3,(H,25,31)/b27-17-. The number of oxime groups is 1. The van der Waals surface area contributed by atoms with Gasteiger partial charge in [-0.25, -0.2) is 4.68 Å². The highest BCUT2D eigenvalue weighted by Crippen LogP contribution is 2.37. The third kappa shape index (κ3) is 4.70. The molecule has 9 nitrogen and oxygen atoms in total. The second-order valence-electron chi connectivity index (χ2n) is 7.58. The van der Waals surface area contributed by atoms with Crippen molar-refractivity contribution in [3.63, 3.8) is 0 Å². The molecule has 0 saturated heterocycles. The Morgan fingerprint density at radius 3 is 2.62 bits per heavy atom. The number of rotatable bonds is 7. The molecule has 1 heterocycles. The number of halogens is 1.